The molecule has 0 bridgehead atoms. The zero-order valence-corrected chi connectivity index (χ0v) is 18.7. The monoisotopic (exact) mass is 451 g/mol. The number of ether oxygens (including phenoxy) is 1. The van der Waals surface area contributed by atoms with Gasteiger partial charge < -0.3 is 20.1 Å². The molecule has 0 radical (unpaired) electrons. The minimum Gasteiger partial charge on any atom is -0.480 e. The SMILES string of the molecule is CC(CC(=O)N1CCN(CC(=O)O)CC1)NC(=O)OCC1c2ccccc2-c2ccccc21. The molecule has 2 N–H and O–H groups in total. The van der Waals surface area contributed by atoms with Crippen LogP contribution in [0, 0.1) is 0 Å². The molecule has 174 valence electrons. The predicted octanol–water partition coefficient (Wildman–Crippen LogP) is 2.53. The fourth-order valence-electron chi connectivity index (χ4n) is 4.63. The van der Waals surface area contributed by atoms with Crippen molar-refractivity contribution < 1.29 is 24.2 Å². The van der Waals surface area contributed by atoms with Gasteiger partial charge in [0.15, 0.2) is 0 Å². The maximum absolute atomic E-state index is 12.6. The molecule has 1 atom stereocenters. The number of hydrogen-bond donors (Lipinski definition) is 2. The summed E-state index contributed by atoms with van der Waals surface area (Å²) in [4.78, 5) is 39.3. The van der Waals surface area contributed by atoms with Gasteiger partial charge in [-0.25, -0.2) is 4.79 Å². The van der Waals surface area contributed by atoms with Gasteiger partial charge in [0, 0.05) is 44.6 Å². The minimum absolute atomic E-state index is 0.0119. The number of rotatable bonds is 7. The lowest BCUT2D eigenvalue weighted by molar-refractivity contribution is -0.139. The Kier molecular flexibility index (Phi) is 6.93. The molecule has 8 heteroatoms. The lowest BCUT2D eigenvalue weighted by Gasteiger charge is -2.34. The normalized spacial score (nSPS) is 16.6. The molecule has 8 nitrogen and oxygen atoms in total. The molecular formula is C25H29N3O5. The molecule has 1 aliphatic heterocycles. The van der Waals surface area contributed by atoms with E-state index in [0.29, 0.717) is 26.2 Å². The summed E-state index contributed by atoms with van der Waals surface area (Å²) in [5.74, 6) is -0.936. The molecule has 0 saturated carbocycles. The standard InChI is InChI=1S/C25H29N3O5/c1-17(14-23(29)28-12-10-27(11-13-28)15-24(30)31)26-25(32)33-16-22-20-8-4-2-6-18(20)19-7-3-5-9-21(19)22/h2-9,17,22H,10-16H2,1H3,(H,26,32)(H,30,31). The minimum atomic E-state index is -0.865. The molecule has 2 aliphatic rings. The van der Waals surface area contributed by atoms with Gasteiger partial charge >= 0.3 is 12.1 Å². The van der Waals surface area contributed by atoms with Gasteiger partial charge in [0.2, 0.25) is 5.91 Å². The van der Waals surface area contributed by atoms with Gasteiger partial charge in [-0.1, -0.05) is 48.5 Å². The number of carboxylic acids is 1. The van der Waals surface area contributed by atoms with Crippen LogP contribution in [0.15, 0.2) is 48.5 Å². The quantitative estimate of drug-likeness (QED) is 0.671. The number of carbonyl (C=O) groups is 3. The van der Waals surface area contributed by atoms with Crippen LogP contribution >= 0.6 is 0 Å². The van der Waals surface area contributed by atoms with Crippen molar-refractivity contribution in [2.75, 3.05) is 39.3 Å². The van der Waals surface area contributed by atoms with Crippen molar-refractivity contribution in [3.05, 3.63) is 59.7 Å². The number of alkyl carbamates (subject to hydrolysis) is 1. The van der Waals surface area contributed by atoms with E-state index in [0.717, 1.165) is 11.1 Å². The van der Waals surface area contributed by atoms with Crippen LogP contribution in [0.25, 0.3) is 11.1 Å². The van der Waals surface area contributed by atoms with E-state index in [9.17, 15) is 14.4 Å². The van der Waals surface area contributed by atoms with Crippen LogP contribution in [0.2, 0.25) is 0 Å². The summed E-state index contributed by atoms with van der Waals surface area (Å²) in [5.41, 5.74) is 4.64. The molecule has 4 rings (SSSR count). The Morgan fingerprint density at radius 2 is 1.58 bits per heavy atom. The van der Waals surface area contributed by atoms with E-state index in [1.807, 2.05) is 29.2 Å². The van der Waals surface area contributed by atoms with Crippen molar-refractivity contribution in [3.8, 4) is 11.1 Å². The number of fused-ring (bicyclic) bond motifs is 3. The molecule has 2 aromatic rings. The van der Waals surface area contributed by atoms with Crippen molar-refractivity contribution in [1.82, 2.24) is 15.1 Å². The molecule has 0 spiro atoms. The second-order valence-corrected chi connectivity index (χ2v) is 8.63. The van der Waals surface area contributed by atoms with Crippen molar-refractivity contribution in [3.63, 3.8) is 0 Å². The van der Waals surface area contributed by atoms with E-state index in [-0.39, 0.29) is 37.4 Å². The van der Waals surface area contributed by atoms with E-state index >= 15 is 0 Å². The third-order valence-corrected chi connectivity index (χ3v) is 6.27. The molecule has 1 fully saturated rings. The molecule has 2 aromatic carbocycles. The molecule has 1 saturated heterocycles. The van der Waals surface area contributed by atoms with Gasteiger partial charge in [-0.15, -0.1) is 0 Å². The number of nitrogens with zero attached hydrogens (tertiary/aromatic N) is 2. The Morgan fingerprint density at radius 1 is 1.00 bits per heavy atom. The summed E-state index contributed by atoms with van der Waals surface area (Å²) in [6.07, 6.45) is -0.369. The highest BCUT2D eigenvalue weighted by atomic mass is 16.5. The third-order valence-electron chi connectivity index (χ3n) is 6.27. The summed E-state index contributed by atoms with van der Waals surface area (Å²) in [5, 5.41) is 11.6. The Morgan fingerprint density at radius 3 is 2.15 bits per heavy atom. The molecule has 1 heterocycles. The van der Waals surface area contributed by atoms with Gasteiger partial charge in [-0.2, -0.15) is 0 Å². The average Bonchev–Trinajstić information content (AvgIpc) is 3.11. The van der Waals surface area contributed by atoms with Crippen molar-refractivity contribution in [2.24, 2.45) is 0 Å². The molecule has 33 heavy (non-hydrogen) atoms. The maximum atomic E-state index is 12.6. The predicted molar refractivity (Wildman–Crippen MR) is 123 cm³/mol. The zero-order valence-electron chi connectivity index (χ0n) is 18.7. The van der Waals surface area contributed by atoms with Crippen LogP contribution in [-0.2, 0) is 14.3 Å². The number of carbonyl (C=O) groups excluding carboxylic acids is 2. The topological polar surface area (TPSA) is 99.2 Å². The number of amides is 2. The molecule has 1 aliphatic carbocycles. The number of piperazine rings is 1. The number of carboxylic acid groups (broad SMARTS) is 1. The van der Waals surface area contributed by atoms with Crippen LogP contribution < -0.4 is 5.32 Å². The highest BCUT2D eigenvalue weighted by Gasteiger charge is 2.29. The lowest BCUT2D eigenvalue weighted by Crippen LogP contribution is -2.51. The first-order valence-corrected chi connectivity index (χ1v) is 11.3. The summed E-state index contributed by atoms with van der Waals surface area (Å²) >= 11 is 0. The van der Waals surface area contributed by atoms with Crippen molar-refractivity contribution >= 4 is 18.0 Å². The number of benzene rings is 2. The number of nitrogens with one attached hydrogen (secondary N) is 1. The van der Waals surface area contributed by atoms with E-state index in [2.05, 4.69) is 29.6 Å². The second kappa shape index (κ2) is 10.0. The first-order chi connectivity index (χ1) is 15.9. The van der Waals surface area contributed by atoms with Crippen LogP contribution in [0.4, 0.5) is 4.79 Å². The largest absolute Gasteiger partial charge is 0.480 e. The van der Waals surface area contributed by atoms with Crippen LogP contribution in [-0.4, -0.2) is 78.2 Å². The summed E-state index contributed by atoms with van der Waals surface area (Å²) < 4.78 is 5.55. The van der Waals surface area contributed by atoms with E-state index < -0.39 is 12.1 Å². The highest BCUT2D eigenvalue weighted by Crippen LogP contribution is 2.44. The lowest BCUT2D eigenvalue weighted by atomic mass is 9.98. The first-order valence-electron chi connectivity index (χ1n) is 11.3. The Hall–Kier alpha value is -3.39. The Balaban J connectivity index is 1.25. The van der Waals surface area contributed by atoms with Gasteiger partial charge in [0.05, 0.1) is 6.54 Å². The molecular weight excluding hydrogens is 422 g/mol. The van der Waals surface area contributed by atoms with Gasteiger partial charge in [-0.3, -0.25) is 14.5 Å². The second-order valence-electron chi connectivity index (χ2n) is 8.63. The summed E-state index contributed by atoms with van der Waals surface area (Å²) in [6.45, 7) is 4.04. The zero-order chi connectivity index (χ0) is 23.4. The van der Waals surface area contributed by atoms with Gasteiger partial charge in [0.1, 0.15) is 6.61 Å². The van der Waals surface area contributed by atoms with E-state index in [1.54, 1.807) is 11.8 Å². The highest BCUT2D eigenvalue weighted by molar-refractivity contribution is 5.79. The first kappa shape index (κ1) is 22.8. The third kappa shape index (κ3) is 5.34. The van der Waals surface area contributed by atoms with Crippen LogP contribution in [0.3, 0.4) is 0 Å². The average molecular weight is 452 g/mol. The van der Waals surface area contributed by atoms with Crippen LogP contribution in [0.1, 0.15) is 30.4 Å². The van der Waals surface area contributed by atoms with Gasteiger partial charge in [0.25, 0.3) is 0 Å². The van der Waals surface area contributed by atoms with E-state index in [1.165, 1.54) is 11.1 Å². The fourth-order valence-corrected chi connectivity index (χ4v) is 4.63. The molecule has 0 aromatic heterocycles. The van der Waals surface area contributed by atoms with E-state index in [4.69, 9.17) is 9.84 Å². The Bertz CT molecular complexity index is 987. The van der Waals surface area contributed by atoms with Crippen LogP contribution in [0.5, 0.6) is 0 Å². The van der Waals surface area contributed by atoms with Crippen molar-refractivity contribution in [1.29, 1.82) is 0 Å². The smallest absolute Gasteiger partial charge is 0.407 e. The maximum Gasteiger partial charge on any atom is 0.407 e. The summed E-state index contributed by atoms with van der Waals surface area (Å²) in [6, 6.07) is 15.9. The van der Waals surface area contributed by atoms with Gasteiger partial charge in [-0.05, 0) is 29.2 Å². The molecule has 1 unspecified atom stereocenters. The Labute approximate surface area is 193 Å². The molecule has 2 amide bonds. The summed E-state index contributed by atoms with van der Waals surface area (Å²) in [7, 11) is 0. The number of aliphatic carboxylic acids is 1. The number of hydrogen-bond acceptors (Lipinski definition) is 5. The fraction of sp³-hybridized carbons (Fsp3) is 0.400. The van der Waals surface area contributed by atoms with Crippen molar-refractivity contribution in [2.45, 2.75) is 25.3 Å².